The number of rotatable bonds is 9. The van der Waals surface area contributed by atoms with E-state index in [9.17, 15) is 19.5 Å². The van der Waals surface area contributed by atoms with E-state index in [-0.39, 0.29) is 23.6 Å². The molecular weight excluding hydrogens is 518 g/mol. The summed E-state index contributed by atoms with van der Waals surface area (Å²) in [6.45, 7) is 9.15. The zero-order chi connectivity index (χ0) is 29.7. The summed E-state index contributed by atoms with van der Waals surface area (Å²) < 4.78 is 5.48. The molecule has 8 heteroatoms. The Labute approximate surface area is 242 Å². The smallest absolute Gasteiger partial charge is 0.408 e. The molecule has 0 aliphatic heterocycles. The molecule has 0 bridgehead atoms. The maximum absolute atomic E-state index is 14.4. The second kappa shape index (κ2) is 12.6. The van der Waals surface area contributed by atoms with Gasteiger partial charge in [0.25, 0.3) is 5.91 Å². The Morgan fingerprint density at radius 1 is 1.00 bits per heavy atom. The molecule has 4 rings (SSSR count). The Hall–Kier alpha value is -4.07. The molecule has 3 unspecified atom stereocenters. The highest BCUT2D eigenvalue weighted by Gasteiger charge is 2.43. The fourth-order valence-corrected chi connectivity index (χ4v) is 5.07. The van der Waals surface area contributed by atoms with Crippen molar-refractivity contribution in [2.45, 2.75) is 84.0 Å². The van der Waals surface area contributed by atoms with Gasteiger partial charge in [-0.15, -0.1) is 0 Å². The summed E-state index contributed by atoms with van der Waals surface area (Å²) in [4.78, 5) is 43.0. The molecule has 3 atom stereocenters. The molecule has 218 valence electrons. The SMILES string of the molecule is CCC(C)C(NC(=O)OC(C)(C)C)C(=O)N(C1CCC1)C(C(=O)Nc1ccc2ccccc2c1)c1cccc(O)c1. The summed E-state index contributed by atoms with van der Waals surface area (Å²) in [5.74, 6) is -0.966. The first-order valence-electron chi connectivity index (χ1n) is 14.4. The van der Waals surface area contributed by atoms with Crippen LogP contribution in [-0.4, -0.2) is 45.6 Å². The number of ether oxygens (including phenoxy) is 1. The molecule has 0 radical (unpaired) electrons. The van der Waals surface area contributed by atoms with E-state index in [2.05, 4.69) is 10.6 Å². The van der Waals surface area contributed by atoms with Crippen LogP contribution in [0.4, 0.5) is 10.5 Å². The van der Waals surface area contributed by atoms with E-state index in [1.165, 1.54) is 12.1 Å². The highest BCUT2D eigenvalue weighted by molar-refractivity contribution is 6.00. The zero-order valence-electron chi connectivity index (χ0n) is 24.5. The lowest BCUT2D eigenvalue weighted by atomic mass is 9.86. The molecule has 1 saturated carbocycles. The summed E-state index contributed by atoms with van der Waals surface area (Å²) in [5, 5.41) is 18.2. The average Bonchev–Trinajstić information content (AvgIpc) is 2.88. The normalized spacial score (nSPS) is 15.7. The van der Waals surface area contributed by atoms with Crippen molar-refractivity contribution in [2.24, 2.45) is 5.92 Å². The second-order valence-corrected chi connectivity index (χ2v) is 11.9. The van der Waals surface area contributed by atoms with E-state index < -0.39 is 29.7 Å². The minimum atomic E-state index is -1.03. The lowest BCUT2D eigenvalue weighted by Crippen LogP contribution is -2.58. The van der Waals surface area contributed by atoms with Crippen molar-refractivity contribution < 1.29 is 24.2 Å². The van der Waals surface area contributed by atoms with Crippen LogP contribution in [0.5, 0.6) is 5.75 Å². The second-order valence-electron chi connectivity index (χ2n) is 11.9. The number of carbonyl (C=O) groups is 3. The maximum atomic E-state index is 14.4. The Kier molecular flexibility index (Phi) is 9.21. The van der Waals surface area contributed by atoms with Crippen molar-refractivity contribution in [2.75, 3.05) is 5.32 Å². The topological polar surface area (TPSA) is 108 Å². The predicted octanol–water partition coefficient (Wildman–Crippen LogP) is 6.55. The fourth-order valence-electron chi connectivity index (χ4n) is 5.07. The van der Waals surface area contributed by atoms with Gasteiger partial charge in [-0.1, -0.05) is 62.7 Å². The third-order valence-electron chi connectivity index (χ3n) is 7.60. The van der Waals surface area contributed by atoms with Crippen LogP contribution in [0.3, 0.4) is 0 Å². The minimum absolute atomic E-state index is 0.00244. The number of carbonyl (C=O) groups excluding carboxylic acids is 3. The highest BCUT2D eigenvalue weighted by Crippen LogP contribution is 2.36. The van der Waals surface area contributed by atoms with Crippen molar-refractivity contribution in [1.29, 1.82) is 0 Å². The molecule has 3 aromatic rings. The molecule has 3 amide bonds. The van der Waals surface area contributed by atoms with Gasteiger partial charge in [0.15, 0.2) is 0 Å². The third-order valence-corrected chi connectivity index (χ3v) is 7.60. The summed E-state index contributed by atoms with van der Waals surface area (Å²) in [5.41, 5.74) is 0.360. The quantitative estimate of drug-likeness (QED) is 0.276. The molecular formula is C33H41N3O5. The number of hydrogen-bond donors (Lipinski definition) is 3. The van der Waals surface area contributed by atoms with Crippen molar-refractivity contribution in [1.82, 2.24) is 10.2 Å². The lowest BCUT2D eigenvalue weighted by molar-refractivity contribution is -0.147. The molecule has 1 aliphatic rings. The van der Waals surface area contributed by atoms with Gasteiger partial charge in [-0.25, -0.2) is 4.79 Å². The van der Waals surface area contributed by atoms with Crippen LogP contribution < -0.4 is 10.6 Å². The highest BCUT2D eigenvalue weighted by atomic mass is 16.6. The molecule has 3 N–H and O–H groups in total. The average molecular weight is 560 g/mol. The van der Waals surface area contributed by atoms with Gasteiger partial charge in [0.1, 0.15) is 23.4 Å². The summed E-state index contributed by atoms with van der Waals surface area (Å²) in [6, 6.07) is 17.9. The van der Waals surface area contributed by atoms with Gasteiger partial charge in [0.2, 0.25) is 5.91 Å². The van der Waals surface area contributed by atoms with Gasteiger partial charge in [-0.2, -0.15) is 0 Å². The van der Waals surface area contributed by atoms with E-state index in [0.29, 0.717) is 17.7 Å². The molecule has 0 spiro atoms. The van der Waals surface area contributed by atoms with Crippen molar-refractivity contribution >= 4 is 34.4 Å². The number of nitrogens with one attached hydrogen (secondary N) is 2. The number of alkyl carbamates (subject to hydrolysis) is 1. The van der Waals surface area contributed by atoms with E-state index in [1.807, 2.05) is 56.3 Å². The molecule has 41 heavy (non-hydrogen) atoms. The van der Waals surface area contributed by atoms with Crippen LogP contribution >= 0.6 is 0 Å². The Bertz CT molecular complexity index is 1390. The molecule has 1 aliphatic carbocycles. The van der Waals surface area contributed by atoms with Crippen LogP contribution in [0, 0.1) is 5.92 Å². The van der Waals surface area contributed by atoms with Crippen LogP contribution in [0.15, 0.2) is 66.7 Å². The predicted molar refractivity (Wildman–Crippen MR) is 161 cm³/mol. The number of aromatic hydroxyl groups is 1. The van der Waals surface area contributed by atoms with E-state index in [4.69, 9.17) is 4.74 Å². The summed E-state index contributed by atoms with van der Waals surface area (Å²) in [6.07, 6.45) is 2.36. The lowest BCUT2D eigenvalue weighted by Gasteiger charge is -2.44. The van der Waals surface area contributed by atoms with Crippen LogP contribution in [-0.2, 0) is 14.3 Å². The Morgan fingerprint density at radius 3 is 2.32 bits per heavy atom. The Balaban J connectivity index is 1.73. The minimum Gasteiger partial charge on any atom is -0.508 e. The number of phenolic OH excluding ortho intramolecular Hbond substituents is 1. The molecule has 3 aromatic carbocycles. The van der Waals surface area contributed by atoms with Gasteiger partial charge in [0.05, 0.1) is 0 Å². The molecule has 0 heterocycles. The largest absolute Gasteiger partial charge is 0.508 e. The van der Waals surface area contributed by atoms with E-state index in [1.54, 1.807) is 37.8 Å². The monoisotopic (exact) mass is 559 g/mol. The Morgan fingerprint density at radius 2 is 1.71 bits per heavy atom. The van der Waals surface area contributed by atoms with Crippen molar-refractivity contribution in [3.05, 3.63) is 72.3 Å². The number of hydrogen-bond acceptors (Lipinski definition) is 5. The first-order chi connectivity index (χ1) is 19.5. The number of amides is 3. The van der Waals surface area contributed by atoms with E-state index >= 15 is 0 Å². The van der Waals surface area contributed by atoms with Gasteiger partial charge < -0.3 is 25.4 Å². The van der Waals surface area contributed by atoms with Crippen LogP contribution in [0.2, 0.25) is 0 Å². The zero-order valence-corrected chi connectivity index (χ0v) is 24.5. The molecule has 0 saturated heterocycles. The van der Waals surface area contributed by atoms with Crippen LogP contribution in [0.1, 0.15) is 71.9 Å². The maximum Gasteiger partial charge on any atom is 0.408 e. The first kappa shape index (κ1) is 29.9. The van der Waals surface area contributed by atoms with Gasteiger partial charge in [-0.05, 0) is 86.6 Å². The van der Waals surface area contributed by atoms with Gasteiger partial charge in [0, 0.05) is 11.7 Å². The number of fused-ring (bicyclic) bond motifs is 1. The van der Waals surface area contributed by atoms with Crippen molar-refractivity contribution in [3.63, 3.8) is 0 Å². The van der Waals surface area contributed by atoms with E-state index in [0.717, 1.165) is 30.0 Å². The molecule has 1 fully saturated rings. The third kappa shape index (κ3) is 7.37. The summed E-state index contributed by atoms with van der Waals surface area (Å²) in [7, 11) is 0. The molecule has 0 aromatic heterocycles. The summed E-state index contributed by atoms with van der Waals surface area (Å²) >= 11 is 0. The fraction of sp³-hybridized carbons (Fsp3) is 0.424. The van der Waals surface area contributed by atoms with Gasteiger partial charge in [-0.3, -0.25) is 9.59 Å². The number of benzene rings is 3. The van der Waals surface area contributed by atoms with Crippen molar-refractivity contribution in [3.8, 4) is 5.75 Å². The number of anilines is 1. The molecule has 8 nitrogen and oxygen atoms in total. The number of phenols is 1. The van der Waals surface area contributed by atoms with Gasteiger partial charge >= 0.3 is 6.09 Å². The number of nitrogens with zero attached hydrogens (tertiary/aromatic N) is 1. The van der Waals surface area contributed by atoms with Crippen LogP contribution in [0.25, 0.3) is 10.8 Å². The standard InChI is InChI=1S/C33H41N3O5/c1-6-21(2)28(35-32(40)41-33(3,4)5)31(39)36(26-14-10-15-26)29(24-13-9-16-27(37)20-24)30(38)34-25-18-17-22-11-7-8-12-23(22)19-25/h7-9,11-13,16-21,26,28-29,37H,6,10,14-15H2,1-5H3,(H,34,38)(H,35,40). The first-order valence-corrected chi connectivity index (χ1v) is 14.4.